The lowest BCUT2D eigenvalue weighted by Crippen LogP contribution is -2.51. The van der Waals surface area contributed by atoms with Crippen molar-refractivity contribution in [2.45, 2.75) is 23.5 Å². The molecule has 3 heteroatoms. The maximum Gasteiger partial charge on any atom is 0.127 e. The van der Waals surface area contributed by atoms with Crippen molar-refractivity contribution in [3.05, 3.63) is 30.3 Å². The molecule has 0 amide bonds. The van der Waals surface area contributed by atoms with Crippen LogP contribution in [0.25, 0.3) is 0 Å². The summed E-state index contributed by atoms with van der Waals surface area (Å²) >= 11 is 3.54. The van der Waals surface area contributed by atoms with E-state index in [1.165, 1.54) is 0 Å². The predicted molar refractivity (Wildman–Crippen MR) is 59.0 cm³/mol. The third kappa shape index (κ3) is 1.93. The van der Waals surface area contributed by atoms with Gasteiger partial charge in [-0.2, -0.15) is 0 Å². The second-order valence-corrected chi connectivity index (χ2v) is 4.60. The summed E-state index contributed by atoms with van der Waals surface area (Å²) in [5, 5.41) is 0. The summed E-state index contributed by atoms with van der Waals surface area (Å²) in [5.74, 6) is 0.916. The van der Waals surface area contributed by atoms with Gasteiger partial charge < -0.3 is 9.47 Å². The summed E-state index contributed by atoms with van der Waals surface area (Å²) < 4.78 is 11.1. The number of hydrogen-bond acceptors (Lipinski definition) is 2. The Balaban J connectivity index is 1.93. The van der Waals surface area contributed by atoms with E-state index in [-0.39, 0.29) is 12.2 Å². The van der Waals surface area contributed by atoms with Crippen LogP contribution in [0.5, 0.6) is 5.75 Å². The summed E-state index contributed by atoms with van der Waals surface area (Å²) in [7, 11) is 1.72. The van der Waals surface area contributed by atoms with Crippen LogP contribution in [0.4, 0.5) is 0 Å². The lowest BCUT2D eigenvalue weighted by atomic mass is 9.91. The average molecular weight is 257 g/mol. The van der Waals surface area contributed by atoms with Gasteiger partial charge in [-0.05, 0) is 12.1 Å². The van der Waals surface area contributed by atoms with E-state index < -0.39 is 0 Å². The molecule has 0 heterocycles. The molecule has 1 aromatic rings. The van der Waals surface area contributed by atoms with E-state index >= 15 is 0 Å². The van der Waals surface area contributed by atoms with Crippen LogP contribution in [-0.2, 0) is 4.74 Å². The van der Waals surface area contributed by atoms with E-state index in [0.717, 1.165) is 12.2 Å². The largest absolute Gasteiger partial charge is 0.488 e. The minimum Gasteiger partial charge on any atom is -0.488 e. The zero-order valence-electron chi connectivity index (χ0n) is 8.02. The van der Waals surface area contributed by atoms with Gasteiger partial charge in [0.05, 0.1) is 0 Å². The molecule has 2 rings (SSSR count). The summed E-state index contributed by atoms with van der Waals surface area (Å²) in [5.41, 5.74) is 0. The highest BCUT2D eigenvalue weighted by molar-refractivity contribution is 9.09. The second-order valence-electron chi connectivity index (χ2n) is 3.42. The quantitative estimate of drug-likeness (QED) is 0.775. The minimum absolute atomic E-state index is 0.176. The van der Waals surface area contributed by atoms with E-state index in [4.69, 9.17) is 9.47 Å². The van der Waals surface area contributed by atoms with Crippen LogP contribution in [0.3, 0.4) is 0 Å². The molecule has 1 aliphatic rings. The van der Waals surface area contributed by atoms with Gasteiger partial charge in [-0.3, -0.25) is 0 Å². The lowest BCUT2D eigenvalue weighted by molar-refractivity contribution is -0.0544. The van der Waals surface area contributed by atoms with Gasteiger partial charge in [0.25, 0.3) is 0 Å². The Kier molecular flexibility index (Phi) is 3.08. The number of methoxy groups -OCH3 is 1. The van der Waals surface area contributed by atoms with Crippen molar-refractivity contribution < 1.29 is 9.47 Å². The van der Waals surface area contributed by atoms with Gasteiger partial charge in [0.2, 0.25) is 0 Å². The van der Waals surface area contributed by atoms with Gasteiger partial charge in [-0.1, -0.05) is 34.1 Å². The number of para-hydroxylation sites is 1. The standard InChI is InChI=1S/C11H13BrO2/c1-13-11-9(12)7-10(11)14-8-5-3-2-4-6-8/h2-6,9-11H,7H2,1H3. The van der Waals surface area contributed by atoms with Crippen molar-refractivity contribution >= 4 is 15.9 Å². The van der Waals surface area contributed by atoms with Gasteiger partial charge >= 0.3 is 0 Å². The highest BCUT2D eigenvalue weighted by atomic mass is 79.9. The van der Waals surface area contributed by atoms with Crippen LogP contribution in [0.15, 0.2) is 30.3 Å². The van der Waals surface area contributed by atoms with E-state index in [9.17, 15) is 0 Å². The molecule has 14 heavy (non-hydrogen) atoms. The fraction of sp³-hybridized carbons (Fsp3) is 0.455. The van der Waals surface area contributed by atoms with Crippen molar-refractivity contribution in [3.63, 3.8) is 0 Å². The third-order valence-electron chi connectivity index (χ3n) is 2.48. The van der Waals surface area contributed by atoms with Gasteiger partial charge in [0.15, 0.2) is 0 Å². The zero-order chi connectivity index (χ0) is 9.97. The van der Waals surface area contributed by atoms with Crippen molar-refractivity contribution in [2.24, 2.45) is 0 Å². The molecule has 2 nitrogen and oxygen atoms in total. The normalized spacial score (nSPS) is 30.9. The molecule has 0 saturated heterocycles. The van der Waals surface area contributed by atoms with Crippen LogP contribution in [0.2, 0.25) is 0 Å². The van der Waals surface area contributed by atoms with Crippen LogP contribution >= 0.6 is 15.9 Å². The smallest absolute Gasteiger partial charge is 0.127 e. The molecule has 0 aromatic heterocycles. The van der Waals surface area contributed by atoms with Gasteiger partial charge in [0, 0.05) is 18.4 Å². The Morgan fingerprint density at radius 1 is 1.29 bits per heavy atom. The summed E-state index contributed by atoms with van der Waals surface area (Å²) in [4.78, 5) is 0.432. The minimum atomic E-state index is 0.176. The SMILES string of the molecule is COC1C(Br)CC1Oc1ccccc1. The Labute approximate surface area is 92.3 Å². The molecule has 0 radical (unpaired) electrons. The summed E-state index contributed by atoms with van der Waals surface area (Å²) in [6, 6.07) is 9.86. The van der Waals surface area contributed by atoms with E-state index in [1.54, 1.807) is 7.11 Å². The Morgan fingerprint density at radius 3 is 2.57 bits per heavy atom. The molecule has 0 aliphatic heterocycles. The summed E-state index contributed by atoms with van der Waals surface area (Å²) in [6.07, 6.45) is 1.37. The molecule has 3 unspecified atom stereocenters. The fourth-order valence-electron chi connectivity index (χ4n) is 1.62. The Hall–Kier alpha value is -0.540. The van der Waals surface area contributed by atoms with Crippen LogP contribution in [0.1, 0.15) is 6.42 Å². The molecule has 1 fully saturated rings. The molecule has 0 N–H and O–H groups in total. The first kappa shape index (κ1) is 9.99. The van der Waals surface area contributed by atoms with Crippen LogP contribution in [0, 0.1) is 0 Å². The van der Waals surface area contributed by atoms with Crippen molar-refractivity contribution in [1.82, 2.24) is 0 Å². The number of hydrogen-bond donors (Lipinski definition) is 0. The molecule has 1 aliphatic carbocycles. The highest BCUT2D eigenvalue weighted by Crippen LogP contribution is 2.33. The van der Waals surface area contributed by atoms with Gasteiger partial charge in [-0.25, -0.2) is 0 Å². The average Bonchev–Trinajstić information content (AvgIpc) is 2.19. The summed E-state index contributed by atoms with van der Waals surface area (Å²) in [6.45, 7) is 0. The topological polar surface area (TPSA) is 18.5 Å². The third-order valence-corrected chi connectivity index (χ3v) is 3.38. The Morgan fingerprint density at radius 2 is 2.00 bits per heavy atom. The van der Waals surface area contributed by atoms with Crippen molar-refractivity contribution in [1.29, 1.82) is 0 Å². The van der Waals surface area contributed by atoms with E-state index in [0.29, 0.717) is 4.83 Å². The van der Waals surface area contributed by atoms with E-state index in [2.05, 4.69) is 15.9 Å². The first-order valence-corrected chi connectivity index (χ1v) is 5.61. The molecule has 1 aromatic carbocycles. The number of ether oxygens (including phenoxy) is 2. The molecular weight excluding hydrogens is 244 g/mol. The predicted octanol–water partition coefficient (Wildman–Crippen LogP) is 2.62. The fourth-order valence-corrected chi connectivity index (χ4v) is 2.54. The van der Waals surface area contributed by atoms with Crippen LogP contribution < -0.4 is 4.74 Å². The van der Waals surface area contributed by atoms with Gasteiger partial charge in [-0.15, -0.1) is 0 Å². The first-order chi connectivity index (χ1) is 6.81. The highest BCUT2D eigenvalue weighted by Gasteiger charge is 2.41. The van der Waals surface area contributed by atoms with Crippen molar-refractivity contribution in [3.8, 4) is 5.75 Å². The molecule has 3 atom stereocenters. The number of alkyl halides is 1. The maximum absolute atomic E-state index is 5.77. The Bertz CT molecular complexity index is 289. The molecular formula is C11H13BrO2. The maximum atomic E-state index is 5.77. The second kappa shape index (κ2) is 4.32. The number of halogens is 1. The number of benzene rings is 1. The molecule has 0 bridgehead atoms. The molecule has 1 saturated carbocycles. The monoisotopic (exact) mass is 256 g/mol. The lowest BCUT2D eigenvalue weighted by Gasteiger charge is -2.40. The van der Waals surface area contributed by atoms with Crippen molar-refractivity contribution in [2.75, 3.05) is 7.11 Å². The number of rotatable bonds is 3. The van der Waals surface area contributed by atoms with E-state index in [1.807, 2.05) is 30.3 Å². The molecule has 76 valence electrons. The first-order valence-electron chi connectivity index (χ1n) is 4.70. The zero-order valence-corrected chi connectivity index (χ0v) is 9.61. The van der Waals surface area contributed by atoms with Crippen LogP contribution in [-0.4, -0.2) is 24.1 Å². The van der Waals surface area contributed by atoms with Gasteiger partial charge in [0.1, 0.15) is 18.0 Å². The molecule has 0 spiro atoms.